The number of fused-ring (bicyclic) bond motifs is 1. The summed E-state index contributed by atoms with van der Waals surface area (Å²) in [6, 6.07) is 9.23. The first-order chi connectivity index (χ1) is 8.22. The van der Waals surface area contributed by atoms with Crippen LogP contribution < -0.4 is 5.32 Å². The molecule has 0 saturated carbocycles. The third-order valence-electron chi connectivity index (χ3n) is 3.67. The van der Waals surface area contributed by atoms with Crippen molar-refractivity contribution in [2.45, 2.75) is 39.8 Å². The molecule has 0 spiro atoms. The summed E-state index contributed by atoms with van der Waals surface area (Å²) in [6.45, 7) is 7.82. The molecule has 1 heterocycles. The predicted octanol–water partition coefficient (Wildman–Crippen LogP) is 4.43. The van der Waals surface area contributed by atoms with Crippen LogP contribution in [0.1, 0.15) is 32.8 Å². The summed E-state index contributed by atoms with van der Waals surface area (Å²) in [5.41, 5.74) is 1.43. The first-order valence-electron chi connectivity index (χ1n) is 6.41. The van der Waals surface area contributed by atoms with E-state index in [1.807, 2.05) is 11.3 Å². The predicted molar refractivity (Wildman–Crippen MR) is 77.6 cm³/mol. The Balaban J connectivity index is 2.04. The number of nitrogens with one attached hydrogen (secondary N) is 1. The minimum atomic E-state index is 0.582. The van der Waals surface area contributed by atoms with E-state index >= 15 is 0 Å². The van der Waals surface area contributed by atoms with Crippen LogP contribution in [0.2, 0.25) is 0 Å². The Morgan fingerprint density at radius 3 is 2.76 bits per heavy atom. The first kappa shape index (κ1) is 12.6. The highest BCUT2D eigenvalue weighted by atomic mass is 32.1. The van der Waals surface area contributed by atoms with Crippen molar-refractivity contribution < 1.29 is 0 Å². The second kappa shape index (κ2) is 5.65. The Kier molecular flexibility index (Phi) is 4.19. The van der Waals surface area contributed by atoms with Gasteiger partial charge in [-0.3, -0.25) is 0 Å². The highest BCUT2D eigenvalue weighted by Gasteiger charge is 2.10. The highest BCUT2D eigenvalue weighted by molar-refractivity contribution is 7.17. The van der Waals surface area contributed by atoms with Crippen LogP contribution in [0, 0.1) is 5.92 Å². The molecule has 17 heavy (non-hydrogen) atoms. The second-order valence-corrected chi connectivity index (χ2v) is 5.72. The Morgan fingerprint density at radius 2 is 2.00 bits per heavy atom. The molecule has 2 heteroatoms. The fourth-order valence-electron chi connectivity index (χ4n) is 2.00. The summed E-state index contributed by atoms with van der Waals surface area (Å²) in [4.78, 5) is 0. The van der Waals surface area contributed by atoms with Crippen molar-refractivity contribution in [1.82, 2.24) is 5.32 Å². The first-order valence-corrected chi connectivity index (χ1v) is 7.28. The van der Waals surface area contributed by atoms with Gasteiger partial charge in [-0.05, 0) is 35.2 Å². The fraction of sp³-hybridized carbons (Fsp3) is 0.467. The number of thiophene rings is 1. The molecule has 0 bridgehead atoms. The molecule has 0 saturated heterocycles. The van der Waals surface area contributed by atoms with Gasteiger partial charge in [-0.15, -0.1) is 11.3 Å². The van der Waals surface area contributed by atoms with Crippen molar-refractivity contribution >= 4 is 21.4 Å². The van der Waals surface area contributed by atoms with Crippen LogP contribution in [0.15, 0.2) is 29.6 Å². The van der Waals surface area contributed by atoms with E-state index in [1.54, 1.807) is 0 Å². The SMILES string of the molecule is CCC(C)C(C)NCc1csc2ccccc12. The lowest BCUT2D eigenvalue weighted by molar-refractivity contribution is 0.390. The van der Waals surface area contributed by atoms with Gasteiger partial charge in [0, 0.05) is 17.3 Å². The average molecular weight is 247 g/mol. The van der Waals surface area contributed by atoms with Crippen molar-refractivity contribution in [3.8, 4) is 0 Å². The summed E-state index contributed by atoms with van der Waals surface area (Å²) < 4.78 is 1.39. The van der Waals surface area contributed by atoms with E-state index in [2.05, 4.69) is 55.7 Å². The maximum absolute atomic E-state index is 3.63. The highest BCUT2D eigenvalue weighted by Crippen LogP contribution is 2.25. The molecule has 0 fully saturated rings. The number of hydrogen-bond donors (Lipinski definition) is 1. The van der Waals surface area contributed by atoms with Crippen LogP contribution in [0.3, 0.4) is 0 Å². The van der Waals surface area contributed by atoms with Crippen molar-refractivity contribution in [1.29, 1.82) is 0 Å². The Labute approximate surface area is 108 Å². The zero-order valence-electron chi connectivity index (χ0n) is 10.9. The molecular formula is C15H21NS. The van der Waals surface area contributed by atoms with E-state index < -0.39 is 0 Å². The molecule has 1 aromatic carbocycles. The van der Waals surface area contributed by atoms with Crippen LogP contribution in [0.25, 0.3) is 10.1 Å². The molecule has 2 unspecified atom stereocenters. The van der Waals surface area contributed by atoms with Gasteiger partial charge in [0.15, 0.2) is 0 Å². The van der Waals surface area contributed by atoms with Crippen LogP contribution in [0.5, 0.6) is 0 Å². The zero-order chi connectivity index (χ0) is 12.3. The average Bonchev–Trinajstić information content (AvgIpc) is 2.78. The molecule has 0 aliphatic heterocycles. The van der Waals surface area contributed by atoms with E-state index in [0.717, 1.165) is 12.5 Å². The van der Waals surface area contributed by atoms with Crippen molar-refractivity contribution in [2.24, 2.45) is 5.92 Å². The zero-order valence-corrected chi connectivity index (χ0v) is 11.7. The van der Waals surface area contributed by atoms with Crippen molar-refractivity contribution in [3.05, 3.63) is 35.2 Å². The lowest BCUT2D eigenvalue weighted by Crippen LogP contribution is -2.31. The fourth-order valence-corrected chi connectivity index (χ4v) is 2.96. The summed E-state index contributed by atoms with van der Waals surface area (Å²) in [6.07, 6.45) is 1.23. The van der Waals surface area contributed by atoms with Gasteiger partial charge in [0.1, 0.15) is 0 Å². The molecule has 1 nitrogen and oxygen atoms in total. The van der Waals surface area contributed by atoms with E-state index in [-0.39, 0.29) is 0 Å². The molecule has 0 radical (unpaired) electrons. The largest absolute Gasteiger partial charge is 0.310 e. The van der Waals surface area contributed by atoms with Crippen LogP contribution in [-0.2, 0) is 6.54 Å². The molecular weight excluding hydrogens is 226 g/mol. The topological polar surface area (TPSA) is 12.0 Å². The third kappa shape index (κ3) is 2.88. The molecule has 2 aromatic rings. The maximum Gasteiger partial charge on any atom is 0.0346 e. The Morgan fingerprint density at radius 1 is 1.24 bits per heavy atom. The second-order valence-electron chi connectivity index (χ2n) is 4.81. The van der Waals surface area contributed by atoms with Crippen LogP contribution in [-0.4, -0.2) is 6.04 Å². The van der Waals surface area contributed by atoms with E-state index in [0.29, 0.717) is 6.04 Å². The van der Waals surface area contributed by atoms with Crippen LogP contribution >= 0.6 is 11.3 Å². The number of benzene rings is 1. The standard InChI is InChI=1S/C15H21NS/c1-4-11(2)12(3)16-9-13-10-17-15-8-6-5-7-14(13)15/h5-8,10-12,16H,4,9H2,1-3H3. The lowest BCUT2D eigenvalue weighted by Gasteiger charge is -2.19. The Hall–Kier alpha value is -0.860. The van der Waals surface area contributed by atoms with Gasteiger partial charge in [0.25, 0.3) is 0 Å². The molecule has 2 atom stereocenters. The minimum Gasteiger partial charge on any atom is -0.310 e. The molecule has 0 amide bonds. The maximum atomic E-state index is 3.63. The van der Waals surface area contributed by atoms with Gasteiger partial charge in [0.05, 0.1) is 0 Å². The van der Waals surface area contributed by atoms with E-state index in [1.165, 1.54) is 22.1 Å². The quantitative estimate of drug-likeness (QED) is 0.824. The summed E-state index contributed by atoms with van der Waals surface area (Å²) in [5, 5.41) is 7.32. The van der Waals surface area contributed by atoms with Gasteiger partial charge in [0.2, 0.25) is 0 Å². The molecule has 2 rings (SSSR count). The number of rotatable bonds is 5. The van der Waals surface area contributed by atoms with Gasteiger partial charge >= 0.3 is 0 Å². The molecule has 1 N–H and O–H groups in total. The molecule has 0 aliphatic rings. The van der Waals surface area contributed by atoms with Gasteiger partial charge in [-0.2, -0.15) is 0 Å². The summed E-state index contributed by atoms with van der Waals surface area (Å²) in [5.74, 6) is 0.736. The lowest BCUT2D eigenvalue weighted by atomic mass is 10.0. The van der Waals surface area contributed by atoms with Crippen LogP contribution in [0.4, 0.5) is 0 Å². The normalized spacial score (nSPS) is 15.0. The van der Waals surface area contributed by atoms with Crippen molar-refractivity contribution in [3.63, 3.8) is 0 Å². The minimum absolute atomic E-state index is 0.582. The molecule has 92 valence electrons. The monoisotopic (exact) mass is 247 g/mol. The summed E-state index contributed by atoms with van der Waals surface area (Å²) >= 11 is 1.84. The van der Waals surface area contributed by atoms with Crippen molar-refractivity contribution in [2.75, 3.05) is 0 Å². The van der Waals surface area contributed by atoms with Gasteiger partial charge < -0.3 is 5.32 Å². The van der Waals surface area contributed by atoms with E-state index in [4.69, 9.17) is 0 Å². The molecule has 1 aromatic heterocycles. The molecule has 0 aliphatic carbocycles. The number of hydrogen-bond acceptors (Lipinski definition) is 2. The third-order valence-corrected chi connectivity index (χ3v) is 4.69. The van der Waals surface area contributed by atoms with Gasteiger partial charge in [-0.1, -0.05) is 38.5 Å². The summed E-state index contributed by atoms with van der Waals surface area (Å²) in [7, 11) is 0. The van der Waals surface area contributed by atoms with Gasteiger partial charge in [-0.25, -0.2) is 0 Å². The smallest absolute Gasteiger partial charge is 0.0346 e. The van der Waals surface area contributed by atoms with E-state index in [9.17, 15) is 0 Å². The Bertz CT molecular complexity index is 474.